The number of hydrogen-bond donors (Lipinski definition) is 1. The molecule has 0 heterocycles. The van der Waals surface area contributed by atoms with Crippen LogP contribution in [0.3, 0.4) is 0 Å². The molecular formula is C31H58ClN. The molecule has 33 heavy (non-hydrogen) atoms. The number of benzene rings is 1. The van der Waals surface area contributed by atoms with Crippen LogP contribution in [0.5, 0.6) is 0 Å². The first-order valence-corrected chi connectivity index (χ1v) is 14.6. The van der Waals surface area contributed by atoms with Crippen molar-refractivity contribution in [2.45, 2.75) is 149 Å². The molecule has 0 spiro atoms. The van der Waals surface area contributed by atoms with Gasteiger partial charge >= 0.3 is 0 Å². The smallest absolute Gasteiger partial charge is 0.101 e. The van der Waals surface area contributed by atoms with Gasteiger partial charge in [0.25, 0.3) is 0 Å². The van der Waals surface area contributed by atoms with Crippen molar-refractivity contribution in [1.29, 1.82) is 0 Å². The predicted octanol–water partition coefficient (Wildman–Crippen LogP) is 6.21. The summed E-state index contributed by atoms with van der Waals surface area (Å²) in [6, 6.07) is 10.8. The predicted molar refractivity (Wildman–Crippen MR) is 144 cm³/mol. The van der Waals surface area contributed by atoms with E-state index in [2.05, 4.69) is 49.5 Å². The molecule has 1 aromatic rings. The lowest BCUT2D eigenvalue weighted by Gasteiger charge is -2.05. The number of hydrogen-bond acceptors (Lipinski definition) is 0. The molecule has 194 valence electrons. The topological polar surface area (TPSA) is 16.6 Å². The van der Waals surface area contributed by atoms with Crippen molar-refractivity contribution in [3.05, 3.63) is 35.9 Å². The highest BCUT2D eigenvalue weighted by Crippen LogP contribution is 2.15. The first-order valence-electron chi connectivity index (χ1n) is 14.6. The summed E-state index contributed by atoms with van der Waals surface area (Å²) in [6.45, 7) is 7.11. The summed E-state index contributed by atoms with van der Waals surface area (Å²) in [5.74, 6) is 0.893. The Hall–Kier alpha value is -0.530. The van der Waals surface area contributed by atoms with Crippen LogP contribution in [-0.2, 0) is 6.54 Å². The highest BCUT2D eigenvalue weighted by Gasteiger charge is 1.98. The van der Waals surface area contributed by atoms with E-state index < -0.39 is 0 Å². The van der Waals surface area contributed by atoms with Gasteiger partial charge in [0, 0.05) is 5.56 Å². The zero-order valence-electron chi connectivity index (χ0n) is 22.5. The standard InChI is InChI=1S/C31H57N.ClH/c1-30(2)25-21-18-16-14-12-10-8-6-4-3-5-7-9-11-13-15-17-19-24-28-32-29-31-26-22-20-23-27-31;/h20,22-23,26-27,30,32H,3-19,21,24-25,28-29H2,1-2H3;1H. The summed E-state index contributed by atoms with van der Waals surface area (Å²) < 4.78 is 0. The third-order valence-corrected chi connectivity index (χ3v) is 6.91. The third kappa shape index (κ3) is 24.4. The van der Waals surface area contributed by atoms with E-state index in [1.54, 1.807) is 0 Å². The van der Waals surface area contributed by atoms with Crippen LogP contribution in [-0.4, -0.2) is 6.54 Å². The van der Waals surface area contributed by atoms with E-state index in [-0.39, 0.29) is 12.4 Å². The van der Waals surface area contributed by atoms with Crippen LogP contribution in [0.2, 0.25) is 0 Å². The van der Waals surface area contributed by atoms with Crippen molar-refractivity contribution < 1.29 is 17.7 Å². The average molecular weight is 480 g/mol. The van der Waals surface area contributed by atoms with Gasteiger partial charge in [-0.1, -0.05) is 160 Å². The van der Waals surface area contributed by atoms with Gasteiger partial charge in [0.15, 0.2) is 0 Å². The molecule has 0 radical (unpaired) electrons. The van der Waals surface area contributed by atoms with Crippen LogP contribution in [0.25, 0.3) is 0 Å². The van der Waals surface area contributed by atoms with E-state index >= 15 is 0 Å². The summed E-state index contributed by atoms with van der Waals surface area (Å²) in [4.78, 5) is 0. The number of nitrogens with two attached hydrogens (primary N) is 1. The molecule has 0 atom stereocenters. The molecule has 0 bridgehead atoms. The molecule has 1 nitrogen and oxygen atoms in total. The van der Waals surface area contributed by atoms with Gasteiger partial charge < -0.3 is 17.7 Å². The Balaban J connectivity index is 0.0000102. The Kier molecular flexibility index (Phi) is 25.7. The number of unbranched alkanes of at least 4 members (excludes halogenated alkanes) is 18. The van der Waals surface area contributed by atoms with E-state index in [1.807, 2.05) is 0 Å². The maximum absolute atomic E-state index is 2.46. The lowest BCUT2D eigenvalue weighted by Crippen LogP contribution is -3.00. The van der Waals surface area contributed by atoms with Crippen molar-refractivity contribution in [2.24, 2.45) is 5.92 Å². The van der Waals surface area contributed by atoms with Gasteiger partial charge in [-0.15, -0.1) is 0 Å². The van der Waals surface area contributed by atoms with E-state index in [4.69, 9.17) is 0 Å². The fraction of sp³-hybridized carbons (Fsp3) is 0.806. The van der Waals surface area contributed by atoms with Crippen LogP contribution in [0.1, 0.15) is 148 Å². The number of rotatable bonds is 24. The van der Waals surface area contributed by atoms with Gasteiger partial charge in [0.1, 0.15) is 6.54 Å². The van der Waals surface area contributed by atoms with Gasteiger partial charge in [-0.05, 0) is 18.8 Å². The summed E-state index contributed by atoms with van der Waals surface area (Å²) in [5, 5.41) is 2.46. The molecule has 0 aliphatic carbocycles. The van der Waals surface area contributed by atoms with Gasteiger partial charge in [-0.25, -0.2) is 0 Å². The average Bonchev–Trinajstić information content (AvgIpc) is 2.80. The monoisotopic (exact) mass is 479 g/mol. The second-order valence-electron chi connectivity index (χ2n) is 10.7. The second-order valence-corrected chi connectivity index (χ2v) is 10.7. The maximum Gasteiger partial charge on any atom is 0.101 e. The highest BCUT2D eigenvalue weighted by molar-refractivity contribution is 5.12. The molecule has 1 rings (SSSR count). The van der Waals surface area contributed by atoms with Crippen LogP contribution >= 0.6 is 0 Å². The maximum atomic E-state index is 2.46. The minimum Gasteiger partial charge on any atom is -1.00 e. The van der Waals surface area contributed by atoms with Crippen molar-refractivity contribution in [1.82, 2.24) is 0 Å². The fourth-order valence-corrected chi connectivity index (χ4v) is 4.73. The number of halogens is 1. The molecule has 2 N–H and O–H groups in total. The summed E-state index contributed by atoms with van der Waals surface area (Å²) in [5.41, 5.74) is 1.45. The summed E-state index contributed by atoms with van der Waals surface area (Å²) in [6.07, 6.45) is 29.2. The minimum absolute atomic E-state index is 0. The van der Waals surface area contributed by atoms with Gasteiger partial charge in [0.2, 0.25) is 0 Å². The van der Waals surface area contributed by atoms with Crippen LogP contribution in [0, 0.1) is 5.92 Å². The Morgan fingerprint density at radius 3 is 1.27 bits per heavy atom. The Labute approximate surface area is 214 Å². The minimum atomic E-state index is 0. The van der Waals surface area contributed by atoms with Crippen LogP contribution < -0.4 is 17.7 Å². The van der Waals surface area contributed by atoms with Crippen molar-refractivity contribution in [3.63, 3.8) is 0 Å². The molecule has 0 saturated heterocycles. The van der Waals surface area contributed by atoms with Crippen LogP contribution in [0.4, 0.5) is 0 Å². The first-order chi connectivity index (χ1) is 15.8. The zero-order chi connectivity index (χ0) is 23.0. The Bertz CT molecular complexity index is 473. The normalized spacial score (nSPS) is 11.1. The SMILES string of the molecule is CC(C)CCCCCCCCCCCCCCCCCCCCC[NH2+]Cc1ccccc1.[Cl-]. The van der Waals surface area contributed by atoms with E-state index in [0.29, 0.717) is 0 Å². The lowest BCUT2D eigenvalue weighted by atomic mass is 10.0. The quantitative estimate of drug-likeness (QED) is 0.170. The zero-order valence-corrected chi connectivity index (χ0v) is 23.2. The Morgan fingerprint density at radius 1 is 0.515 bits per heavy atom. The molecule has 0 aliphatic heterocycles. The summed E-state index contributed by atoms with van der Waals surface area (Å²) >= 11 is 0. The molecule has 0 fully saturated rings. The third-order valence-electron chi connectivity index (χ3n) is 6.91. The lowest BCUT2D eigenvalue weighted by molar-refractivity contribution is -0.671. The molecule has 0 aliphatic rings. The Morgan fingerprint density at radius 2 is 0.879 bits per heavy atom. The van der Waals surface area contributed by atoms with Crippen molar-refractivity contribution in [3.8, 4) is 0 Å². The van der Waals surface area contributed by atoms with E-state index in [0.717, 1.165) is 12.5 Å². The molecule has 0 aromatic heterocycles. The molecule has 0 unspecified atom stereocenters. The van der Waals surface area contributed by atoms with E-state index in [9.17, 15) is 0 Å². The molecule has 0 saturated carbocycles. The van der Waals surface area contributed by atoms with Gasteiger partial charge in [-0.3, -0.25) is 0 Å². The van der Waals surface area contributed by atoms with Crippen molar-refractivity contribution in [2.75, 3.05) is 6.54 Å². The molecule has 1 aromatic carbocycles. The van der Waals surface area contributed by atoms with Gasteiger partial charge in [0.05, 0.1) is 6.54 Å². The van der Waals surface area contributed by atoms with Crippen LogP contribution in [0.15, 0.2) is 30.3 Å². The largest absolute Gasteiger partial charge is 1.00 e. The van der Waals surface area contributed by atoms with Crippen molar-refractivity contribution >= 4 is 0 Å². The van der Waals surface area contributed by atoms with Gasteiger partial charge in [-0.2, -0.15) is 0 Å². The van der Waals surface area contributed by atoms with E-state index in [1.165, 1.54) is 141 Å². The fourth-order valence-electron chi connectivity index (χ4n) is 4.73. The highest BCUT2D eigenvalue weighted by atomic mass is 35.5. The summed E-state index contributed by atoms with van der Waals surface area (Å²) in [7, 11) is 0. The first kappa shape index (κ1) is 32.5. The second kappa shape index (κ2) is 26.1. The molecule has 2 heteroatoms. The number of quaternary nitrogens is 1. The molecular weight excluding hydrogens is 422 g/mol. The molecule has 0 amide bonds.